The first kappa shape index (κ1) is 16.0. The Labute approximate surface area is 146 Å². The van der Waals surface area contributed by atoms with Gasteiger partial charge in [-0.05, 0) is 52.3 Å². The fourth-order valence-corrected chi connectivity index (χ4v) is 2.73. The van der Waals surface area contributed by atoms with E-state index in [4.69, 9.17) is 5.73 Å². The summed E-state index contributed by atoms with van der Waals surface area (Å²) in [7, 11) is 0. The minimum Gasteiger partial charge on any atom is -0.383 e. The van der Waals surface area contributed by atoms with Gasteiger partial charge in [-0.25, -0.2) is 13.8 Å². The number of aromatic nitrogens is 5. The Kier molecular flexibility index (Phi) is 3.96. The molecule has 2 N–H and O–H groups in total. The minimum atomic E-state index is -1.05. The number of aliphatic imine (C=N–C) groups is 1. The van der Waals surface area contributed by atoms with Crippen molar-refractivity contribution in [2.45, 2.75) is 6.42 Å². The number of benzene rings is 1. The maximum Gasteiger partial charge on any atom is 0.190 e. The van der Waals surface area contributed by atoms with E-state index in [1.807, 2.05) is 6.08 Å². The van der Waals surface area contributed by atoms with Crippen molar-refractivity contribution in [1.82, 2.24) is 25.2 Å². The molecule has 0 unspecified atom stereocenters. The number of nitrogens with zero attached hydrogens (tertiary/aromatic N) is 6. The zero-order valence-corrected chi connectivity index (χ0v) is 13.5. The Morgan fingerprint density at radius 2 is 2.08 bits per heavy atom. The number of tetrazole rings is 1. The number of hydrogen-bond acceptors (Lipinski definition) is 6. The smallest absolute Gasteiger partial charge is 0.190 e. The molecule has 0 bridgehead atoms. The molecule has 3 aromatic rings. The van der Waals surface area contributed by atoms with Crippen LogP contribution >= 0.6 is 0 Å². The lowest BCUT2D eigenvalue weighted by Gasteiger charge is -2.12. The van der Waals surface area contributed by atoms with Crippen molar-refractivity contribution in [3.05, 3.63) is 53.7 Å². The van der Waals surface area contributed by atoms with E-state index in [0.29, 0.717) is 12.1 Å². The molecular formula is C17H13F2N7. The molecule has 1 aliphatic rings. The van der Waals surface area contributed by atoms with Crippen LogP contribution in [-0.4, -0.2) is 38.0 Å². The zero-order valence-electron chi connectivity index (χ0n) is 13.5. The normalized spacial score (nSPS) is 13.7. The van der Waals surface area contributed by atoms with E-state index >= 15 is 0 Å². The lowest BCUT2D eigenvalue weighted by Crippen LogP contribution is -2.06. The predicted octanol–water partition coefficient (Wildman–Crippen LogP) is 2.44. The summed E-state index contributed by atoms with van der Waals surface area (Å²) >= 11 is 0. The fourth-order valence-electron chi connectivity index (χ4n) is 2.73. The summed E-state index contributed by atoms with van der Waals surface area (Å²) in [4.78, 5) is 8.36. The second-order valence-electron chi connectivity index (χ2n) is 5.64. The molecule has 0 fully saturated rings. The number of anilines is 1. The number of halogens is 2. The summed E-state index contributed by atoms with van der Waals surface area (Å²) < 4.78 is 28.9. The van der Waals surface area contributed by atoms with E-state index in [1.165, 1.54) is 12.1 Å². The minimum absolute atomic E-state index is 0.112. The third-order valence-corrected chi connectivity index (χ3v) is 4.05. The second kappa shape index (κ2) is 6.43. The fraction of sp³-hybridized carbons (Fsp3) is 0.118. The summed E-state index contributed by atoms with van der Waals surface area (Å²) in [6, 6.07) is 5.57. The van der Waals surface area contributed by atoms with Gasteiger partial charge in [0.25, 0.3) is 0 Å². The zero-order chi connectivity index (χ0) is 18.1. The summed E-state index contributed by atoms with van der Waals surface area (Å²) in [6.07, 6.45) is 6.06. The molecule has 2 aromatic heterocycles. The lowest BCUT2D eigenvalue weighted by molar-refractivity contribution is 0.501. The van der Waals surface area contributed by atoms with Crippen LogP contribution in [0.25, 0.3) is 22.6 Å². The van der Waals surface area contributed by atoms with Crippen LogP contribution in [0.5, 0.6) is 0 Å². The molecule has 1 aromatic carbocycles. The highest BCUT2D eigenvalue weighted by Crippen LogP contribution is 2.29. The molecule has 7 nitrogen and oxygen atoms in total. The monoisotopic (exact) mass is 353 g/mol. The molecule has 0 atom stereocenters. The van der Waals surface area contributed by atoms with Crippen molar-refractivity contribution in [2.24, 2.45) is 4.99 Å². The van der Waals surface area contributed by atoms with Gasteiger partial charge in [0.2, 0.25) is 0 Å². The molecule has 1 aliphatic heterocycles. The van der Waals surface area contributed by atoms with E-state index < -0.39 is 11.6 Å². The highest BCUT2D eigenvalue weighted by atomic mass is 19.2. The Hall–Kier alpha value is -3.49. The highest BCUT2D eigenvalue weighted by molar-refractivity contribution is 5.87. The average Bonchev–Trinajstić information content (AvgIpc) is 3.14. The van der Waals surface area contributed by atoms with Gasteiger partial charge in [-0.15, -0.1) is 5.10 Å². The van der Waals surface area contributed by atoms with Crippen LogP contribution in [0.2, 0.25) is 0 Å². The number of hydrogen-bond donors (Lipinski definition) is 1. The summed E-state index contributed by atoms with van der Waals surface area (Å²) in [5.74, 6) is -1.68. The molecule has 0 aliphatic carbocycles. The number of allylic oxidation sites excluding steroid dienone is 1. The van der Waals surface area contributed by atoms with E-state index in [1.54, 1.807) is 18.5 Å². The van der Waals surface area contributed by atoms with Crippen LogP contribution in [0, 0.1) is 11.6 Å². The maximum absolute atomic E-state index is 14.2. The van der Waals surface area contributed by atoms with E-state index in [-0.39, 0.29) is 17.3 Å². The van der Waals surface area contributed by atoms with Gasteiger partial charge in [-0.2, -0.15) is 4.68 Å². The first-order valence-corrected chi connectivity index (χ1v) is 7.83. The Bertz CT molecular complexity index is 1040. The standard InChI is InChI=1S/C17H13F2N7/c18-13-2-1-3-14(15(13)19)26-17(23-24-25-26)12-8-11(9-22-16(12)20)10-4-6-21-7-5-10/h1-4,6,8-9H,5,7H2,(H2,20,22). The van der Waals surface area contributed by atoms with Gasteiger partial charge in [-0.3, -0.25) is 4.99 Å². The van der Waals surface area contributed by atoms with Gasteiger partial charge >= 0.3 is 0 Å². The van der Waals surface area contributed by atoms with Crippen LogP contribution in [0.4, 0.5) is 14.6 Å². The number of pyridine rings is 1. The third kappa shape index (κ3) is 2.73. The van der Waals surface area contributed by atoms with Crippen LogP contribution in [0.1, 0.15) is 12.0 Å². The Balaban J connectivity index is 1.85. The molecule has 130 valence electrons. The Morgan fingerprint density at radius 3 is 2.88 bits per heavy atom. The van der Waals surface area contributed by atoms with Crippen molar-refractivity contribution in [3.63, 3.8) is 0 Å². The molecule has 26 heavy (non-hydrogen) atoms. The van der Waals surface area contributed by atoms with Crippen molar-refractivity contribution >= 4 is 17.6 Å². The molecule has 4 rings (SSSR count). The average molecular weight is 353 g/mol. The van der Waals surface area contributed by atoms with Crippen LogP contribution < -0.4 is 5.73 Å². The molecule has 0 saturated heterocycles. The van der Waals surface area contributed by atoms with Crippen molar-refractivity contribution < 1.29 is 8.78 Å². The first-order chi connectivity index (χ1) is 12.6. The molecule has 9 heteroatoms. The van der Waals surface area contributed by atoms with Gasteiger partial charge in [-0.1, -0.05) is 6.07 Å². The van der Waals surface area contributed by atoms with Gasteiger partial charge in [0, 0.05) is 19.0 Å². The van der Waals surface area contributed by atoms with Crippen LogP contribution in [0.3, 0.4) is 0 Å². The molecule has 0 amide bonds. The quantitative estimate of drug-likeness (QED) is 0.780. The highest BCUT2D eigenvalue weighted by Gasteiger charge is 2.19. The number of dihydropyridines is 1. The van der Waals surface area contributed by atoms with Crippen molar-refractivity contribution in [2.75, 3.05) is 12.3 Å². The molecule has 0 spiro atoms. The topological polar surface area (TPSA) is 94.9 Å². The maximum atomic E-state index is 14.2. The van der Waals surface area contributed by atoms with Crippen LogP contribution in [0.15, 0.2) is 41.5 Å². The molecule has 3 heterocycles. The summed E-state index contributed by atoms with van der Waals surface area (Å²) in [5.41, 5.74) is 8.20. The number of nitrogen functional groups attached to an aromatic ring is 1. The Morgan fingerprint density at radius 1 is 1.19 bits per heavy atom. The van der Waals surface area contributed by atoms with E-state index in [2.05, 4.69) is 25.5 Å². The van der Waals surface area contributed by atoms with E-state index in [0.717, 1.165) is 28.3 Å². The SMILES string of the molecule is Nc1ncc(C2=CC=NCC2)cc1-c1nnnn1-c1cccc(F)c1F. The largest absolute Gasteiger partial charge is 0.383 e. The molecule has 0 saturated carbocycles. The van der Waals surface area contributed by atoms with E-state index in [9.17, 15) is 8.78 Å². The molecular weight excluding hydrogens is 340 g/mol. The summed E-state index contributed by atoms with van der Waals surface area (Å²) in [5, 5.41) is 11.3. The van der Waals surface area contributed by atoms with Crippen molar-refractivity contribution in [1.29, 1.82) is 0 Å². The van der Waals surface area contributed by atoms with Crippen molar-refractivity contribution in [3.8, 4) is 17.1 Å². The van der Waals surface area contributed by atoms with Gasteiger partial charge < -0.3 is 5.73 Å². The van der Waals surface area contributed by atoms with Gasteiger partial charge in [0.1, 0.15) is 11.5 Å². The second-order valence-corrected chi connectivity index (χ2v) is 5.64. The first-order valence-electron chi connectivity index (χ1n) is 7.83. The number of nitrogens with two attached hydrogens (primary N) is 1. The lowest BCUT2D eigenvalue weighted by atomic mass is 10.0. The predicted molar refractivity (Wildman–Crippen MR) is 92.7 cm³/mol. The number of rotatable bonds is 3. The third-order valence-electron chi connectivity index (χ3n) is 4.05. The van der Waals surface area contributed by atoms with Crippen LogP contribution in [-0.2, 0) is 0 Å². The summed E-state index contributed by atoms with van der Waals surface area (Å²) in [6.45, 7) is 0.692. The van der Waals surface area contributed by atoms with Gasteiger partial charge in [0.05, 0.1) is 5.56 Å². The van der Waals surface area contributed by atoms with Gasteiger partial charge in [0.15, 0.2) is 17.5 Å². The molecule has 0 radical (unpaired) electrons.